The van der Waals surface area contributed by atoms with E-state index in [0.29, 0.717) is 60.8 Å². The van der Waals surface area contributed by atoms with E-state index < -0.39 is 17.7 Å². The van der Waals surface area contributed by atoms with Crippen LogP contribution >= 0.6 is 0 Å². The second kappa shape index (κ2) is 13.9. The number of carbonyl (C=O) groups is 2. The molecule has 3 aliphatic rings. The van der Waals surface area contributed by atoms with Crippen LogP contribution in [0.1, 0.15) is 55.2 Å². The largest absolute Gasteiger partial charge is 0.368 e. The third-order valence-electron chi connectivity index (χ3n) is 10.4. The summed E-state index contributed by atoms with van der Waals surface area (Å²) < 4.78 is 47.8. The lowest BCUT2D eigenvalue weighted by molar-refractivity contribution is -0.137. The third kappa shape index (κ3) is 6.70. The Balaban J connectivity index is 0.888. The second-order valence-electron chi connectivity index (χ2n) is 14.2. The van der Waals surface area contributed by atoms with E-state index in [4.69, 9.17) is 0 Å². The highest BCUT2D eigenvalue weighted by atomic mass is 19.1. The van der Waals surface area contributed by atoms with Crippen molar-refractivity contribution in [3.8, 4) is 11.3 Å². The smallest absolute Gasteiger partial charge is 0.243 e. The number of anilines is 3. The van der Waals surface area contributed by atoms with E-state index in [1.807, 2.05) is 48.4 Å². The second-order valence-corrected chi connectivity index (χ2v) is 14.2. The van der Waals surface area contributed by atoms with Crippen LogP contribution < -0.4 is 15.5 Å². The van der Waals surface area contributed by atoms with E-state index in [2.05, 4.69) is 40.4 Å². The number of benzene rings is 2. The van der Waals surface area contributed by atoms with Crippen molar-refractivity contribution in [2.75, 3.05) is 36.4 Å². The minimum atomic E-state index is -0.681. The molecule has 6 heterocycles. The van der Waals surface area contributed by atoms with Crippen molar-refractivity contribution in [2.24, 2.45) is 0 Å². The molecule has 2 N–H and O–H groups in total. The van der Waals surface area contributed by atoms with Gasteiger partial charge in [-0.3, -0.25) is 24.7 Å². The molecule has 274 valence electrons. The van der Waals surface area contributed by atoms with E-state index in [1.165, 1.54) is 6.07 Å². The summed E-state index contributed by atoms with van der Waals surface area (Å²) in [5.41, 5.74) is 4.10. The number of halogens is 3. The summed E-state index contributed by atoms with van der Waals surface area (Å²) in [6.45, 7) is 10.0. The van der Waals surface area contributed by atoms with Gasteiger partial charge >= 0.3 is 0 Å². The van der Waals surface area contributed by atoms with Gasteiger partial charge in [0, 0.05) is 75.0 Å². The van der Waals surface area contributed by atoms with Crippen LogP contribution in [0, 0.1) is 24.4 Å². The van der Waals surface area contributed by atoms with Crippen molar-refractivity contribution in [1.29, 1.82) is 0 Å². The topological polar surface area (TPSA) is 124 Å². The minimum Gasteiger partial charge on any atom is -0.368 e. The Kier molecular flexibility index (Phi) is 9.06. The van der Waals surface area contributed by atoms with Crippen LogP contribution in [-0.4, -0.2) is 78.3 Å². The highest BCUT2D eigenvalue weighted by Crippen LogP contribution is 2.33. The number of piperidine rings is 1. The number of amides is 2. The first-order valence-corrected chi connectivity index (χ1v) is 17.8. The van der Waals surface area contributed by atoms with Crippen molar-refractivity contribution in [2.45, 2.75) is 65.3 Å². The number of hydrogen-bond acceptors (Lipinski definition) is 10. The van der Waals surface area contributed by atoms with E-state index in [9.17, 15) is 9.59 Å². The van der Waals surface area contributed by atoms with Gasteiger partial charge in [0.1, 0.15) is 28.7 Å². The van der Waals surface area contributed by atoms with Gasteiger partial charge < -0.3 is 14.8 Å². The molecule has 2 saturated heterocycles. The van der Waals surface area contributed by atoms with Crippen molar-refractivity contribution >= 4 is 40.3 Å². The summed E-state index contributed by atoms with van der Waals surface area (Å²) in [5.74, 6) is -0.771. The van der Waals surface area contributed by atoms with Gasteiger partial charge in [-0.1, -0.05) is 12.1 Å². The molecule has 0 radical (unpaired) electrons. The Morgan fingerprint density at radius 2 is 1.75 bits per heavy atom. The Labute approximate surface area is 304 Å². The molecule has 8 rings (SSSR count). The highest BCUT2D eigenvalue weighted by Gasteiger charge is 2.36. The maximum absolute atomic E-state index is 15.7. The summed E-state index contributed by atoms with van der Waals surface area (Å²) in [6, 6.07) is 10.1. The van der Waals surface area contributed by atoms with Crippen LogP contribution in [-0.2, 0) is 29.2 Å². The number of aryl methyl sites for hydroxylation is 1. The lowest BCUT2D eigenvalue weighted by atomic mass is 10.0. The summed E-state index contributed by atoms with van der Waals surface area (Å²) in [4.78, 5) is 47.7. The summed E-state index contributed by atoms with van der Waals surface area (Å²) >= 11 is 0. The molecule has 2 amide bonds. The maximum Gasteiger partial charge on any atom is 0.243 e. The molecule has 5 aromatic rings. The van der Waals surface area contributed by atoms with Crippen LogP contribution in [0.25, 0.3) is 22.3 Å². The fraction of sp³-hybridized carbons (Fsp3) is 0.368. The zero-order chi connectivity index (χ0) is 37.0. The fourth-order valence-electron chi connectivity index (χ4n) is 7.73. The molecular weight excluding hydrogens is 685 g/mol. The van der Waals surface area contributed by atoms with Gasteiger partial charge in [-0.15, -0.1) is 0 Å². The van der Waals surface area contributed by atoms with Gasteiger partial charge in [0.05, 0.1) is 29.6 Å². The Bertz CT molecular complexity index is 2230. The lowest BCUT2D eigenvalue weighted by Gasteiger charge is -2.36. The van der Waals surface area contributed by atoms with Gasteiger partial charge in [-0.2, -0.15) is 0 Å². The molecule has 15 heteroatoms. The quantitative estimate of drug-likeness (QED) is 0.202. The first kappa shape index (κ1) is 34.7. The molecular formula is C38H39F3N10O2. The average Bonchev–Trinajstić information content (AvgIpc) is 3.72. The van der Waals surface area contributed by atoms with Crippen LogP contribution in [0.5, 0.6) is 0 Å². The molecule has 0 saturated carbocycles. The number of rotatable bonds is 8. The number of hydrogen-bond donors (Lipinski definition) is 2. The van der Waals surface area contributed by atoms with Crippen molar-refractivity contribution < 1.29 is 22.8 Å². The number of imidazole rings is 1. The predicted octanol–water partition coefficient (Wildman–Crippen LogP) is 5.38. The standard InChI is InChI=1S/C38H39F3N10O2/c1-21(2)51-22(3)44-36-28(39)14-25(15-31(36)51)35-29(40)17-43-38(47-35)45-32-8-6-26(16-42-32)49-12-10-48(11-13-49)18-24-5-4-23-19-50(20-27(23)34(24)41)30-7-9-33(52)46-37(30)53/h4-6,8,14-17,21,30H,7,9-13,18-20H2,1-3H3,(H,46,52,53)(H,42,43,45,47). The SMILES string of the molecule is Cc1nc2c(F)cc(-c3nc(Nc4ccc(N5CCN(Cc6ccc7c(c6F)CN(C6CCC(=O)NC6=O)C7)CC5)cn4)ncc3F)cc2n1C(C)C. The van der Waals surface area contributed by atoms with E-state index in [-0.39, 0.29) is 46.4 Å². The Morgan fingerprint density at radius 1 is 0.943 bits per heavy atom. The number of imide groups is 1. The van der Waals surface area contributed by atoms with Crippen LogP contribution in [0.2, 0.25) is 0 Å². The van der Waals surface area contributed by atoms with E-state index in [1.54, 1.807) is 18.3 Å². The summed E-state index contributed by atoms with van der Waals surface area (Å²) in [5, 5.41) is 5.43. The van der Waals surface area contributed by atoms with E-state index in [0.717, 1.165) is 43.6 Å². The van der Waals surface area contributed by atoms with Gasteiger partial charge in [-0.05, 0) is 57.0 Å². The molecule has 0 spiro atoms. The predicted molar refractivity (Wildman–Crippen MR) is 193 cm³/mol. The number of nitrogens with one attached hydrogen (secondary N) is 2. The first-order chi connectivity index (χ1) is 25.5. The fourth-order valence-corrected chi connectivity index (χ4v) is 7.73. The molecule has 1 unspecified atom stereocenters. The Hall–Kier alpha value is -5.41. The van der Waals surface area contributed by atoms with E-state index >= 15 is 13.2 Å². The average molecular weight is 725 g/mol. The summed E-state index contributed by atoms with van der Waals surface area (Å²) in [7, 11) is 0. The molecule has 0 aliphatic carbocycles. The van der Waals surface area contributed by atoms with Gasteiger partial charge in [0.15, 0.2) is 11.6 Å². The first-order valence-electron chi connectivity index (χ1n) is 17.8. The van der Waals surface area contributed by atoms with Crippen LogP contribution in [0.15, 0.2) is 48.8 Å². The molecule has 2 fully saturated rings. The van der Waals surface area contributed by atoms with Gasteiger partial charge in [-0.25, -0.2) is 33.1 Å². The number of piperazine rings is 1. The number of pyridine rings is 1. The monoisotopic (exact) mass is 724 g/mol. The summed E-state index contributed by atoms with van der Waals surface area (Å²) in [6.07, 6.45) is 3.54. The zero-order valence-corrected chi connectivity index (χ0v) is 29.7. The molecule has 2 aromatic carbocycles. The van der Waals surface area contributed by atoms with Gasteiger partial charge in [0.2, 0.25) is 17.8 Å². The third-order valence-corrected chi connectivity index (χ3v) is 10.4. The maximum atomic E-state index is 15.7. The number of nitrogens with zero attached hydrogens (tertiary/aromatic N) is 8. The molecule has 1 atom stereocenters. The molecule has 3 aliphatic heterocycles. The van der Waals surface area contributed by atoms with Crippen molar-refractivity contribution in [3.05, 3.63) is 88.8 Å². The lowest BCUT2D eigenvalue weighted by Crippen LogP contribution is -2.50. The van der Waals surface area contributed by atoms with Gasteiger partial charge in [0.25, 0.3) is 0 Å². The molecule has 0 bridgehead atoms. The number of carbonyl (C=O) groups excluding carboxylic acids is 2. The Morgan fingerprint density at radius 3 is 2.49 bits per heavy atom. The molecule has 53 heavy (non-hydrogen) atoms. The normalized spacial score (nSPS) is 18.2. The zero-order valence-electron chi connectivity index (χ0n) is 29.7. The highest BCUT2D eigenvalue weighted by molar-refractivity contribution is 6.00. The number of fused-ring (bicyclic) bond motifs is 2. The number of aromatic nitrogens is 5. The minimum absolute atomic E-state index is 0.0306. The van der Waals surface area contributed by atoms with Crippen molar-refractivity contribution in [1.82, 2.24) is 39.6 Å². The molecule has 12 nitrogen and oxygen atoms in total. The van der Waals surface area contributed by atoms with Crippen molar-refractivity contribution in [3.63, 3.8) is 0 Å². The molecule has 3 aromatic heterocycles. The van der Waals surface area contributed by atoms with Crippen LogP contribution in [0.3, 0.4) is 0 Å². The van der Waals surface area contributed by atoms with Crippen LogP contribution in [0.4, 0.5) is 30.6 Å².